The van der Waals surface area contributed by atoms with Crippen LogP contribution in [0.4, 0.5) is 22.7 Å². The highest BCUT2D eigenvalue weighted by molar-refractivity contribution is 7.86. The monoisotopic (exact) mass is 468 g/mol. The van der Waals surface area contributed by atoms with Gasteiger partial charge in [0.2, 0.25) is 0 Å². The van der Waals surface area contributed by atoms with Gasteiger partial charge in [-0.15, -0.1) is 10.2 Å². The van der Waals surface area contributed by atoms with Crippen molar-refractivity contribution in [2.75, 3.05) is 5.73 Å². The number of aromatic hydroxyl groups is 1. The van der Waals surface area contributed by atoms with Crippen LogP contribution in [0.5, 0.6) is 5.75 Å². The number of nitrogens with zero attached hydrogens (tertiary/aromatic N) is 3. The molecule has 3 aromatic rings. The summed E-state index contributed by atoms with van der Waals surface area (Å²) < 4.78 is 65.6. The third-order valence-corrected chi connectivity index (χ3v) is 5.79. The normalized spacial score (nSPS) is 12.5. The zero-order valence-corrected chi connectivity index (χ0v) is 16.7. The Balaban J connectivity index is 2.29. The first-order valence-corrected chi connectivity index (χ1v) is 10.9. The summed E-state index contributed by atoms with van der Waals surface area (Å²) in [6.07, 6.45) is 0. The van der Waals surface area contributed by atoms with E-state index in [-0.39, 0.29) is 16.5 Å². The number of hydrogen-bond donors (Lipinski definition) is 4. The molecule has 3 rings (SSSR count). The number of nitrogens with two attached hydrogens (primary N) is 1. The summed E-state index contributed by atoms with van der Waals surface area (Å²) in [5.41, 5.74) is 3.86. The Morgan fingerprint density at radius 3 is 2.13 bits per heavy atom. The Morgan fingerprint density at radius 1 is 0.903 bits per heavy atom. The van der Waals surface area contributed by atoms with Crippen LogP contribution in [0.1, 0.15) is 0 Å². The number of hydrogen-bond acceptors (Lipinski definition) is 10. The van der Waals surface area contributed by atoms with Crippen LogP contribution >= 0.6 is 0 Å². The number of non-ortho nitro benzene ring substituents is 1. The van der Waals surface area contributed by atoms with Crippen molar-refractivity contribution in [2.24, 2.45) is 10.2 Å². The molecule has 0 fully saturated rings. The van der Waals surface area contributed by atoms with E-state index in [0.29, 0.717) is 6.07 Å². The average Bonchev–Trinajstić information content (AvgIpc) is 2.65. The van der Waals surface area contributed by atoms with E-state index >= 15 is 0 Å². The van der Waals surface area contributed by atoms with Gasteiger partial charge in [-0.1, -0.05) is 6.07 Å². The summed E-state index contributed by atoms with van der Waals surface area (Å²) in [5, 5.41) is 28.6. The van der Waals surface area contributed by atoms with E-state index in [2.05, 4.69) is 10.2 Å². The molecule has 0 heterocycles. The standard InChI is InChI=1S/C16H12N4O9S2/c17-9-2-1-8-5-14(31(27,28)29)15(16(21)11(8)6-9)19-18-12-4-3-10(20(22)23)7-13(12)30(24,25)26/h1-7,21H,17H2,(H,24,25,26)(H,27,28,29). The molecule has 162 valence electrons. The highest BCUT2D eigenvalue weighted by atomic mass is 32.2. The fourth-order valence-electron chi connectivity index (χ4n) is 2.66. The first-order valence-electron chi connectivity index (χ1n) is 7.99. The molecule has 0 spiro atoms. The summed E-state index contributed by atoms with van der Waals surface area (Å²) in [6.45, 7) is 0. The summed E-state index contributed by atoms with van der Waals surface area (Å²) in [4.78, 5) is 8.12. The largest absolute Gasteiger partial charge is 0.505 e. The van der Waals surface area contributed by atoms with Crippen LogP contribution in [0.2, 0.25) is 0 Å². The Labute approximate surface area is 174 Å². The summed E-state index contributed by atoms with van der Waals surface area (Å²) in [5.74, 6) is -0.739. The smallest absolute Gasteiger partial charge is 0.297 e. The van der Waals surface area contributed by atoms with Crippen molar-refractivity contribution in [2.45, 2.75) is 9.79 Å². The Morgan fingerprint density at radius 2 is 1.55 bits per heavy atom. The fraction of sp³-hybridized carbons (Fsp3) is 0. The lowest BCUT2D eigenvalue weighted by molar-refractivity contribution is -0.385. The molecule has 0 atom stereocenters. The van der Waals surface area contributed by atoms with Gasteiger partial charge in [0.1, 0.15) is 21.2 Å². The Kier molecular flexibility index (Phi) is 5.36. The number of nitro groups is 1. The van der Waals surface area contributed by atoms with E-state index in [9.17, 15) is 41.2 Å². The molecule has 13 nitrogen and oxygen atoms in total. The number of rotatable bonds is 5. The van der Waals surface area contributed by atoms with Gasteiger partial charge in [0, 0.05) is 23.2 Å². The van der Waals surface area contributed by atoms with E-state index in [4.69, 9.17) is 5.73 Å². The number of phenols is 1. The summed E-state index contributed by atoms with van der Waals surface area (Å²) in [6, 6.07) is 7.32. The molecule has 15 heteroatoms. The van der Waals surface area contributed by atoms with E-state index in [1.807, 2.05) is 0 Å². The van der Waals surface area contributed by atoms with Crippen molar-refractivity contribution in [1.29, 1.82) is 0 Å². The average molecular weight is 468 g/mol. The molecule has 0 aliphatic rings. The van der Waals surface area contributed by atoms with E-state index in [1.165, 1.54) is 18.2 Å². The second-order valence-electron chi connectivity index (χ2n) is 6.11. The first-order chi connectivity index (χ1) is 14.3. The van der Waals surface area contributed by atoms with Crippen molar-refractivity contribution >= 4 is 53.8 Å². The third kappa shape index (κ3) is 4.43. The Hall–Kier alpha value is -3.66. The predicted molar refractivity (Wildman–Crippen MR) is 107 cm³/mol. The molecule has 5 N–H and O–H groups in total. The minimum atomic E-state index is -4.99. The van der Waals surface area contributed by atoms with Crippen molar-refractivity contribution in [3.05, 3.63) is 52.6 Å². The maximum Gasteiger partial charge on any atom is 0.297 e. The highest BCUT2D eigenvalue weighted by Crippen LogP contribution is 2.42. The van der Waals surface area contributed by atoms with Crippen LogP contribution in [0, 0.1) is 10.1 Å². The lowest BCUT2D eigenvalue weighted by atomic mass is 10.1. The molecule has 31 heavy (non-hydrogen) atoms. The molecule has 3 aromatic carbocycles. The molecule has 0 aliphatic carbocycles. The minimum Gasteiger partial charge on any atom is -0.505 e. The van der Waals surface area contributed by atoms with Gasteiger partial charge in [-0.25, -0.2) is 0 Å². The highest BCUT2D eigenvalue weighted by Gasteiger charge is 2.24. The van der Waals surface area contributed by atoms with Crippen LogP contribution in [-0.4, -0.2) is 36.0 Å². The first kappa shape index (κ1) is 22.0. The quantitative estimate of drug-likeness (QED) is 0.141. The lowest BCUT2D eigenvalue weighted by Gasteiger charge is -2.09. The molecule has 0 unspecified atom stereocenters. The van der Waals surface area contributed by atoms with Gasteiger partial charge >= 0.3 is 0 Å². The molecule has 0 aromatic heterocycles. The van der Waals surface area contributed by atoms with E-state index < -0.39 is 57.8 Å². The van der Waals surface area contributed by atoms with Gasteiger partial charge in [-0.05, 0) is 29.7 Å². The number of nitro benzene ring substituents is 1. The molecule has 0 bridgehead atoms. The molecule has 0 saturated carbocycles. The van der Waals surface area contributed by atoms with Crippen LogP contribution in [0.25, 0.3) is 10.8 Å². The van der Waals surface area contributed by atoms with Crippen molar-refractivity contribution in [3.8, 4) is 5.75 Å². The van der Waals surface area contributed by atoms with Crippen LogP contribution in [-0.2, 0) is 20.2 Å². The molecule has 0 radical (unpaired) electrons. The second-order valence-corrected chi connectivity index (χ2v) is 8.89. The third-order valence-electron chi connectivity index (χ3n) is 4.04. The number of nitrogen functional groups attached to an aromatic ring is 1. The fourth-order valence-corrected chi connectivity index (χ4v) is 3.96. The predicted octanol–water partition coefficient (Wildman–Crippen LogP) is 2.94. The maximum atomic E-state index is 11.8. The van der Waals surface area contributed by atoms with Gasteiger partial charge in [-0.3, -0.25) is 19.2 Å². The number of anilines is 1. The van der Waals surface area contributed by atoms with Crippen molar-refractivity contribution in [1.82, 2.24) is 0 Å². The SMILES string of the molecule is Nc1ccc2cc(S(=O)(=O)O)c(N=Nc3ccc([N+](=O)[O-])cc3S(=O)(=O)O)c(O)c2c1. The van der Waals surface area contributed by atoms with Gasteiger partial charge < -0.3 is 10.8 Å². The molecular weight excluding hydrogens is 456 g/mol. The number of benzene rings is 3. The topological polar surface area (TPSA) is 223 Å². The van der Waals surface area contributed by atoms with Gasteiger partial charge in [0.05, 0.1) is 4.92 Å². The van der Waals surface area contributed by atoms with Crippen molar-refractivity contribution in [3.63, 3.8) is 0 Å². The van der Waals surface area contributed by atoms with Crippen LogP contribution in [0.15, 0.2) is 62.5 Å². The second kappa shape index (κ2) is 7.55. The zero-order chi connectivity index (χ0) is 23.1. The van der Waals surface area contributed by atoms with Crippen LogP contribution in [0.3, 0.4) is 0 Å². The van der Waals surface area contributed by atoms with Crippen molar-refractivity contribution < 1.29 is 36.0 Å². The van der Waals surface area contributed by atoms with Crippen LogP contribution < -0.4 is 5.73 Å². The Bertz CT molecular complexity index is 1480. The van der Waals surface area contributed by atoms with E-state index in [0.717, 1.165) is 18.2 Å². The number of azo groups is 1. The number of fused-ring (bicyclic) bond motifs is 1. The summed E-state index contributed by atoms with van der Waals surface area (Å²) in [7, 11) is -9.91. The molecule has 0 amide bonds. The molecular formula is C16H12N4O9S2. The van der Waals surface area contributed by atoms with Gasteiger partial charge in [0.15, 0.2) is 5.75 Å². The maximum absolute atomic E-state index is 11.8. The lowest BCUT2D eigenvalue weighted by Crippen LogP contribution is -2.00. The van der Waals surface area contributed by atoms with Gasteiger partial charge in [-0.2, -0.15) is 16.8 Å². The summed E-state index contributed by atoms with van der Waals surface area (Å²) >= 11 is 0. The number of phenolic OH excluding ortho intramolecular Hbond substituents is 1. The molecule has 0 aliphatic heterocycles. The van der Waals surface area contributed by atoms with Gasteiger partial charge in [0.25, 0.3) is 25.9 Å². The molecule has 0 saturated heterocycles. The minimum absolute atomic E-state index is 0.0556. The zero-order valence-electron chi connectivity index (χ0n) is 15.1. The van der Waals surface area contributed by atoms with E-state index in [1.54, 1.807) is 0 Å².